The second-order valence-electron chi connectivity index (χ2n) is 2.46. The van der Waals surface area contributed by atoms with E-state index >= 15 is 0 Å². The number of methoxy groups -OCH3 is 2. The highest BCUT2D eigenvalue weighted by atomic mass is 79.9. The molecule has 13 heavy (non-hydrogen) atoms. The van der Waals surface area contributed by atoms with E-state index in [-0.39, 0.29) is 6.61 Å². The zero-order chi connectivity index (χ0) is 9.84. The number of hydrogen-bond acceptors (Lipinski definition) is 3. The zero-order valence-corrected chi connectivity index (χ0v) is 9.09. The van der Waals surface area contributed by atoms with Gasteiger partial charge in [0, 0.05) is 5.56 Å². The predicted molar refractivity (Wildman–Crippen MR) is 53.2 cm³/mol. The van der Waals surface area contributed by atoms with E-state index in [1.54, 1.807) is 26.4 Å². The van der Waals surface area contributed by atoms with E-state index in [2.05, 4.69) is 15.9 Å². The number of ether oxygens (including phenoxy) is 2. The van der Waals surface area contributed by atoms with E-state index in [9.17, 15) is 0 Å². The Bertz CT molecular complexity index is 299. The van der Waals surface area contributed by atoms with Crippen molar-refractivity contribution in [2.75, 3.05) is 14.2 Å². The third-order valence-corrected chi connectivity index (χ3v) is 2.34. The van der Waals surface area contributed by atoms with E-state index in [4.69, 9.17) is 14.6 Å². The smallest absolute Gasteiger partial charge is 0.133 e. The summed E-state index contributed by atoms with van der Waals surface area (Å²) >= 11 is 3.32. The van der Waals surface area contributed by atoms with Crippen molar-refractivity contribution in [1.82, 2.24) is 0 Å². The molecule has 1 aromatic rings. The Morgan fingerprint density at radius 1 is 1.23 bits per heavy atom. The van der Waals surface area contributed by atoms with Gasteiger partial charge in [-0.05, 0) is 28.1 Å². The molecular formula is C9H11BrO3. The Balaban J connectivity index is 3.18. The first-order valence-electron chi connectivity index (χ1n) is 3.74. The van der Waals surface area contributed by atoms with Gasteiger partial charge in [-0.3, -0.25) is 0 Å². The van der Waals surface area contributed by atoms with Crippen LogP contribution in [0.5, 0.6) is 11.5 Å². The number of aliphatic hydroxyl groups excluding tert-OH is 1. The van der Waals surface area contributed by atoms with Crippen LogP contribution >= 0.6 is 15.9 Å². The fourth-order valence-electron chi connectivity index (χ4n) is 1.05. The van der Waals surface area contributed by atoms with E-state index in [0.29, 0.717) is 17.1 Å². The van der Waals surface area contributed by atoms with Crippen molar-refractivity contribution in [1.29, 1.82) is 0 Å². The molecule has 0 unspecified atom stereocenters. The third-order valence-electron chi connectivity index (χ3n) is 1.73. The van der Waals surface area contributed by atoms with Crippen molar-refractivity contribution in [3.8, 4) is 11.5 Å². The topological polar surface area (TPSA) is 38.7 Å². The lowest BCUT2D eigenvalue weighted by Gasteiger charge is -2.10. The van der Waals surface area contributed by atoms with Crippen LogP contribution in [0.2, 0.25) is 0 Å². The molecule has 4 heteroatoms. The Morgan fingerprint density at radius 2 is 1.85 bits per heavy atom. The molecule has 0 bridgehead atoms. The maximum absolute atomic E-state index is 9.01. The molecular weight excluding hydrogens is 236 g/mol. The van der Waals surface area contributed by atoms with Crippen LogP contribution in [-0.2, 0) is 6.61 Å². The van der Waals surface area contributed by atoms with Gasteiger partial charge >= 0.3 is 0 Å². The van der Waals surface area contributed by atoms with Gasteiger partial charge in [-0.2, -0.15) is 0 Å². The fraction of sp³-hybridized carbons (Fsp3) is 0.333. The quantitative estimate of drug-likeness (QED) is 0.887. The SMILES string of the molecule is COc1cc(CO)c(OC)cc1Br. The summed E-state index contributed by atoms with van der Waals surface area (Å²) < 4.78 is 11.0. The third kappa shape index (κ3) is 2.14. The van der Waals surface area contributed by atoms with Crippen molar-refractivity contribution in [2.45, 2.75) is 6.61 Å². The van der Waals surface area contributed by atoms with Gasteiger partial charge in [0.05, 0.1) is 25.3 Å². The van der Waals surface area contributed by atoms with Crippen LogP contribution in [-0.4, -0.2) is 19.3 Å². The minimum atomic E-state index is -0.0627. The summed E-state index contributed by atoms with van der Waals surface area (Å²) in [6.07, 6.45) is 0. The van der Waals surface area contributed by atoms with Crippen molar-refractivity contribution in [3.05, 3.63) is 22.2 Å². The first-order chi connectivity index (χ1) is 6.22. The molecule has 72 valence electrons. The molecule has 0 fully saturated rings. The van der Waals surface area contributed by atoms with Gasteiger partial charge in [0.2, 0.25) is 0 Å². The summed E-state index contributed by atoms with van der Waals surface area (Å²) in [6, 6.07) is 3.51. The van der Waals surface area contributed by atoms with E-state index in [1.807, 2.05) is 0 Å². The molecule has 0 heterocycles. The number of hydrogen-bond donors (Lipinski definition) is 1. The average molecular weight is 247 g/mol. The second-order valence-corrected chi connectivity index (χ2v) is 3.31. The van der Waals surface area contributed by atoms with Crippen LogP contribution in [0.15, 0.2) is 16.6 Å². The standard InChI is InChI=1S/C9H11BrO3/c1-12-8-4-7(10)9(13-2)3-6(8)5-11/h3-4,11H,5H2,1-2H3. The van der Waals surface area contributed by atoms with E-state index < -0.39 is 0 Å². The summed E-state index contributed by atoms with van der Waals surface area (Å²) in [5.41, 5.74) is 0.711. The van der Waals surface area contributed by atoms with Crippen LogP contribution < -0.4 is 9.47 Å². The van der Waals surface area contributed by atoms with Gasteiger partial charge in [0.25, 0.3) is 0 Å². The van der Waals surface area contributed by atoms with Gasteiger partial charge in [-0.25, -0.2) is 0 Å². The molecule has 0 amide bonds. The highest BCUT2D eigenvalue weighted by Gasteiger charge is 2.07. The Morgan fingerprint density at radius 3 is 2.31 bits per heavy atom. The van der Waals surface area contributed by atoms with Crippen LogP contribution in [0.25, 0.3) is 0 Å². The molecule has 0 saturated heterocycles. The molecule has 1 rings (SSSR count). The first kappa shape index (κ1) is 10.3. The van der Waals surface area contributed by atoms with Gasteiger partial charge in [0.1, 0.15) is 11.5 Å². The van der Waals surface area contributed by atoms with Gasteiger partial charge < -0.3 is 14.6 Å². The van der Waals surface area contributed by atoms with Crippen LogP contribution in [0, 0.1) is 0 Å². The molecule has 0 aromatic heterocycles. The minimum absolute atomic E-state index is 0.0627. The summed E-state index contributed by atoms with van der Waals surface area (Å²) in [4.78, 5) is 0. The lowest BCUT2D eigenvalue weighted by molar-refractivity contribution is 0.272. The number of halogens is 1. The van der Waals surface area contributed by atoms with Crippen molar-refractivity contribution in [3.63, 3.8) is 0 Å². The molecule has 1 N–H and O–H groups in total. The van der Waals surface area contributed by atoms with Gasteiger partial charge in [-0.1, -0.05) is 0 Å². The molecule has 3 nitrogen and oxygen atoms in total. The first-order valence-corrected chi connectivity index (χ1v) is 4.53. The summed E-state index contributed by atoms with van der Waals surface area (Å²) in [5, 5.41) is 9.01. The van der Waals surface area contributed by atoms with Crippen LogP contribution in [0.1, 0.15) is 5.56 Å². The maximum Gasteiger partial charge on any atom is 0.133 e. The second kappa shape index (κ2) is 4.48. The maximum atomic E-state index is 9.01. The lowest BCUT2D eigenvalue weighted by Crippen LogP contribution is -1.94. The fourth-order valence-corrected chi connectivity index (χ4v) is 1.53. The van der Waals surface area contributed by atoms with Crippen LogP contribution in [0.4, 0.5) is 0 Å². The summed E-state index contributed by atoms with van der Waals surface area (Å²) in [7, 11) is 3.14. The molecule has 0 saturated carbocycles. The predicted octanol–water partition coefficient (Wildman–Crippen LogP) is 1.96. The summed E-state index contributed by atoms with van der Waals surface area (Å²) in [6.45, 7) is -0.0627. The molecule has 0 aliphatic rings. The largest absolute Gasteiger partial charge is 0.496 e. The van der Waals surface area contributed by atoms with E-state index in [1.165, 1.54) is 0 Å². The number of benzene rings is 1. The Hall–Kier alpha value is -0.740. The van der Waals surface area contributed by atoms with Gasteiger partial charge in [-0.15, -0.1) is 0 Å². The van der Waals surface area contributed by atoms with Gasteiger partial charge in [0.15, 0.2) is 0 Å². The highest BCUT2D eigenvalue weighted by Crippen LogP contribution is 2.32. The lowest BCUT2D eigenvalue weighted by atomic mass is 10.2. The number of rotatable bonds is 3. The molecule has 0 spiro atoms. The normalized spacial score (nSPS) is 9.85. The molecule has 0 radical (unpaired) electrons. The van der Waals surface area contributed by atoms with Crippen LogP contribution in [0.3, 0.4) is 0 Å². The Kier molecular flexibility index (Phi) is 3.57. The van der Waals surface area contributed by atoms with Crippen molar-refractivity contribution < 1.29 is 14.6 Å². The summed E-state index contributed by atoms with van der Waals surface area (Å²) in [5.74, 6) is 1.33. The molecule has 1 aromatic carbocycles. The van der Waals surface area contributed by atoms with Crippen molar-refractivity contribution in [2.24, 2.45) is 0 Å². The highest BCUT2D eigenvalue weighted by molar-refractivity contribution is 9.10. The molecule has 0 atom stereocenters. The average Bonchev–Trinajstić information content (AvgIpc) is 2.17. The number of aliphatic hydroxyl groups is 1. The monoisotopic (exact) mass is 246 g/mol. The van der Waals surface area contributed by atoms with Crippen molar-refractivity contribution >= 4 is 15.9 Å². The molecule has 0 aliphatic carbocycles. The van der Waals surface area contributed by atoms with E-state index in [0.717, 1.165) is 4.47 Å². The Labute approximate surface area is 85.4 Å². The molecule has 0 aliphatic heterocycles. The zero-order valence-electron chi connectivity index (χ0n) is 7.50. The minimum Gasteiger partial charge on any atom is -0.496 e.